The third-order valence-corrected chi connectivity index (χ3v) is 4.14. The Kier molecular flexibility index (Phi) is 5.21. The van der Waals surface area contributed by atoms with Crippen LogP contribution in [-0.2, 0) is 11.0 Å². The number of aromatic nitrogens is 2. The van der Waals surface area contributed by atoms with Gasteiger partial charge >= 0.3 is 6.18 Å². The van der Waals surface area contributed by atoms with E-state index in [9.17, 15) is 18.0 Å². The van der Waals surface area contributed by atoms with Gasteiger partial charge in [0.2, 0.25) is 11.7 Å². The van der Waals surface area contributed by atoms with Gasteiger partial charge in [0.15, 0.2) is 0 Å². The van der Waals surface area contributed by atoms with E-state index < -0.39 is 18.0 Å². The summed E-state index contributed by atoms with van der Waals surface area (Å²) in [5.74, 6) is -0.944. The van der Waals surface area contributed by atoms with E-state index in [-0.39, 0.29) is 22.9 Å². The molecule has 1 aromatic heterocycles. The van der Waals surface area contributed by atoms with Gasteiger partial charge in [0.25, 0.3) is 0 Å². The molecule has 4 nitrogen and oxygen atoms in total. The summed E-state index contributed by atoms with van der Waals surface area (Å²) in [5, 5.41) is 2.99. The van der Waals surface area contributed by atoms with Crippen molar-refractivity contribution in [3.63, 3.8) is 0 Å². The molecule has 1 unspecified atom stereocenters. The van der Waals surface area contributed by atoms with Gasteiger partial charge in [-0.05, 0) is 29.2 Å². The summed E-state index contributed by atoms with van der Waals surface area (Å²) < 4.78 is 38.7. The number of hydrogen-bond donors (Lipinski definition) is 2. The van der Waals surface area contributed by atoms with Crippen LogP contribution in [0.25, 0.3) is 11.0 Å². The predicted molar refractivity (Wildman–Crippen MR) is 97.0 cm³/mol. The summed E-state index contributed by atoms with van der Waals surface area (Å²) in [6.45, 7) is 3.90. The van der Waals surface area contributed by atoms with Crippen LogP contribution in [0.15, 0.2) is 48.5 Å². The van der Waals surface area contributed by atoms with Crippen molar-refractivity contribution in [2.24, 2.45) is 5.92 Å². The number of hydrogen-bond acceptors (Lipinski definition) is 2. The standard InChI is InChI=1S/C20H20F3N3O/c1-12(2)10-17(27)26-18(13-6-4-3-5-7-13)14-8-9-15-16(11-14)25-19(24-15)20(21,22)23/h3-9,11-12,18H,10H2,1-2H3,(H,24,25)(H,26,27). The van der Waals surface area contributed by atoms with Crippen LogP contribution >= 0.6 is 0 Å². The van der Waals surface area contributed by atoms with Crippen LogP contribution in [-0.4, -0.2) is 15.9 Å². The number of halogens is 3. The molecule has 0 spiro atoms. The molecular formula is C20H20F3N3O. The van der Waals surface area contributed by atoms with E-state index in [0.717, 1.165) is 5.56 Å². The van der Waals surface area contributed by atoms with Gasteiger partial charge in [-0.1, -0.05) is 50.2 Å². The molecule has 0 radical (unpaired) electrons. The lowest BCUT2D eigenvalue weighted by Gasteiger charge is -2.20. The number of fused-ring (bicyclic) bond motifs is 1. The van der Waals surface area contributed by atoms with Gasteiger partial charge in [-0.15, -0.1) is 0 Å². The van der Waals surface area contributed by atoms with Gasteiger partial charge in [0.1, 0.15) is 0 Å². The normalized spacial score (nSPS) is 13.1. The van der Waals surface area contributed by atoms with Crippen LogP contribution in [0.5, 0.6) is 0 Å². The smallest absolute Gasteiger partial charge is 0.345 e. The molecule has 2 N–H and O–H groups in total. The number of aromatic amines is 1. The van der Waals surface area contributed by atoms with Crippen LogP contribution < -0.4 is 5.32 Å². The molecule has 0 aliphatic carbocycles. The van der Waals surface area contributed by atoms with Crippen molar-refractivity contribution in [2.75, 3.05) is 0 Å². The highest BCUT2D eigenvalue weighted by Crippen LogP contribution is 2.30. The van der Waals surface area contributed by atoms with E-state index in [4.69, 9.17) is 0 Å². The summed E-state index contributed by atoms with van der Waals surface area (Å²) in [4.78, 5) is 18.2. The van der Waals surface area contributed by atoms with Crippen molar-refractivity contribution in [1.82, 2.24) is 15.3 Å². The monoisotopic (exact) mass is 375 g/mol. The SMILES string of the molecule is CC(C)CC(=O)NC(c1ccccc1)c1ccc2nc(C(F)(F)F)[nH]c2c1. The number of nitrogens with one attached hydrogen (secondary N) is 2. The molecule has 0 aliphatic heterocycles. The van der Waals surface area contributed by atoms with E-state index >= 15 is 0 Å². The summed E-state index contributed by atoms with van der Waals surface area (Å²) in [5.41, 5.74) is 2.04. The minimum absolute atomic E-state index is 0.112. The first-order valence-electron chi connectivity index (χ1n) is 8.65. The van der Waals surface area contributed by atoms with Gasteiger partial charge in [-0.3, -0.25) is 4.79 Å². The van der Waals surface area contributed by atoms with Crippen LogP contribution in [0.2, 0.25) is 0 Å². The molecule has 1 heterocycles. The highest BCUT2D eigenvalue weighted by atomic mass is 19.4. The van der Waals surface area contributed by atoms with Crippen LogP contribution in [0.1, 0.15) is 43.3 Å². The van der Waals surface area contributed by atoms with Crippen LogP contribution in [0.3, 0.4) is 0 Å². The zero-order valence-electron chi connectivity index (χ0n) is 15.0. The number of nitrogens with zero attached hydrogens (tertiary/aromatic N) is 1. The Bertz CT molecular complexity index is 933. The van der Waals surface area contributed by atoms with Crippen molar-refractivity contribution < 1.29 is 18.0 Å². The minimum atomic E-state index is -4.54. The first-order valence-corrected chi connectivity index (χ1v) is 8.65. The fraction of sp³-hybridized carbons (Fsp3) is 0.300. The third kappa shape index (κ3) is 4.48. The van der Waals surface area contributed by atoms with Crippen LogP contribution in [0.4, 0.5) is 13.2 Å². The fourth-order valence-corrected chi connectivity index (χ4v) is 2.94. The number of amides is 1. The second-order valence-corrected chi connectivity index (χ2v) is 6.87. The fourth-order valence-electron chi connectivity index (χ4n) is 2.94. The molecule has 3 rings (SSSR count). The first-order chi connectivity index (χ1) is 12.7. The van der Waals surface area contributed by atoms with Crippen LogP contribution in [0, 0.1) is 5.92 Å². The quantitative estimate of drug-likeness (QED) is 0.671. The Morgan fingerprint density at radius 1 is 1.11 bits per heavy atom. The molecule has 0 aliphatic rings. The van der Waals surface area contributed by atoms with Crippen molar-refractivity contribution in [2.45, 2.75) is 32.5 Å². The number of imidazole rings is 1. The van der Waals surface area contributed by atoms with Crippen molar-refractivity contribution in [1.29, 1.82) is 0 Å². The number of alkyl halides is 3. The van der Waals surface area contributed by atoms with Crippen molar-refractivity contribution in [3.05, 3.63) is 65.5 Å². The largest absolute Gasteiger partial charge is 0.449 e. The maximum Gasteiger partial charge on any atom is 0.449 e. The van der Waals surface area contributed by atoms with Gasteiger partial charge in [0, 0.05) is 6.42 Å². The molecule has 142 valence electrons. The van der Waals surface area contributed by atoms with Gasteiger partial charge in [0.05, 0.1) is 17.1 Å². The number of rotatable bonds is 5. The molecular weight excluding hydrogens is 355 g/mol. The summed E-state index contributed by atoms with van der Waals surface area (Å²) in [6, 6.07) is 13.7. The zero-order valence-corrected chi connectivity index (χ0v) is 15.0. The predicted octanol–water partition coefficient (Wildman–Crippen LogP) is 4.83. The Hall–Kier alpha value is -2.83. The Labute approximate surface area is 154 Å². The lowest BCUT2D eigenvalue weighted by Crippen LogP contribution is -2.30. The Balaban J connectivity index is 1.99. The van der Waals surface area contributed by atoms with E-state index in [0.29, 0.717) is 12.0 Å². The lowest BCUT2D eigenvalue weighted by molar-refractivity contribution is -0.144. The second kappa shape index (κ2) is 7.42. The number of carbonyl (C=O) groups excluding carboxylic acids is 1. The zero-order chi connectivity index (χ0) is 19.6. The molecule has 0 fully saturated rings. The molecule has 1 atom stereocenters. The molecule has 27 heavy (non-hydrogen) atoms. The number of carbonyl (C=O) groups is 1. The maximum atomic E-state index is 12.9. The molecule has 0 saturated carbocycles. The Morgan fingerprint density at radius 2 is 1.81 bits per heavy atom. The van der Waals surface area contributed by atoms with Crippen molar-refractivity contribution in [3.8, 4) is 0 Å². The van der Waals surface area contributed by atoms with E-state index in [2.05, 4.69) is 15.3 Å². The van der Waals surface area contributed by atoms with Gasteiger partial charge < -0.3 is 10.3 Å². The first kappa shape index (κ1) is 18.9. The van der Waals surface area contributed by atoms with Gasteiger partial charge in [-0.25, -0.2) is 4.98 Å². The summed E-state index contributed by atoms with van der Waals surface area (Å²) in [6.07, 6.45) is -4.17. The molecule has 1 amide bonds. The lowest BCUT2D eigenvalue weighted by atomic mass is 9.97. The molecule has 0 bridgehead atoms. The molecule has 2 aromatic carbocycles. The third-order valence-electron chi connectivity index (χ3n) is 4.14. The topological polar surface area (TPSA) is 57.8 Å². The maximum absolute atomic E-state index is 12.9. The van der Waals surface area contributed by atoms with E-state index in [1.165, 1.54) is 6.07 Å². The molecule has 3 aromatic rings. The Morgan fingerprint density at radius 3 is 2.44 bits per heavy atom. The highest BCUT2D eigenvalue weighted by molar-refractivity contribution is 5.79. The second-order valence-electron chi connectivity index (χ2n) is 6.87. The average Bonchev–Trinajstić information content (AvgIpc) is 3.03. The number of H-pyrrole nitrogens is 1. The van der Waals surface area contributed by atoms with Crippen molar-refractivity contribution >= 4 is 16.9 Å². The molecule has 7 heteroatoms. The molecule has 0 saturated heterocycles. The summed E-state index contributed by atoms with van der Waals surface area (Å²) >= 11 is 0. The average molecular weight is 375 g/mol. The van der Waals surface area contributed by atoms with E-state index in [1.807, 2.05) is 44.2 Å². The van der Waals surface area contributed by atoms with E-state index in [1.54, 1.807) is 12.1 Å². The minimum Gasteiger partial charge on any atom is -0.345 e. The van der Waals surface area contributed by atoms with Gasteiger partial charge in [-0.2, -0.15) is 13.2 Å². The summed E-state index contributed by atoms with van der Waals surface area (Å²) in [7, 11) is 0. The number of benzene rings is 2. The highest BCUT2D eigenvalue weighted by Gasteiger charge is 2.34.